The largest absolute Gasteiger partial charge is 0.376 e. The summed E-state index contributed by atoms with van der Waals surface area (Å²) in [5, 5.41) is 3.06. The molecule has 2 N–H and O–H groups in total. The zero-order valence-electron chi connectivity index (χ0n) is 16.3. The van der Waals surface area contributed by atoms with Crippen molar-refractivity contribution in [3.63, 3.8) is 0 Å². The van der Waals surface area contributed by atoms with Crippen molar-refractivity contribution in [3.05, 3.63) is 60.2 Å². The van der Waals surface area contributed by atoms with Crippen LogP contribution < -0.4 is 10.0 Å². The molecule has 2 aliphatic rings. The van der Waals surface area contributed by atoms with Crippen molar-refractivity contribution in [2.75, 3.05) is 17.9 Å². The standard InChI is InChI=1S/C22H26N2O4S/c25-21(23-16-19-6-4-15-28-19)22(13-5-14-22)17-9-11-18(12-10-17)24-29(26,27)20-7-2-1-3-8-20/h1-3,7-12,19,24H,4-6,13-16H2,(H,23,25). The van der Waals surface area contributed by atoms with Crippen LogP contribution in [-0.4, -0.2) is 33.6 Å². The molecule has 0 aromatic heterocycles. The molecule has 2 fully saturated rings. The third-order valence-corrected chi connectivity index (χ3v) is 7.30. The molecule has 1 saturated heterocycles. The van der Waals surface area contributed by atoms with E-state index >= 15 is 0 Å². The fourth-order valence-electron chi connectivity index (χ4n) is 4.03. The second kappa shape index (κ2) is 8.16. The Morgan fingerprint density at radius 1 is 1.03 bits per heavy atom. The molecule has 1 aliphatic carbocycles. The fourth-order valence-corrected chi connectivity index (χ4v) is 5.11. The number of hydrogen-bond donors (Lipinski definition) is 2. The van der Waals surface area contributed by atoms with Crippen LogP contribution in [0.5, 0.6) is 0 Å². The van der Waals surface area contributed by atoms with Gasteiger partial charge in [0.15, 0.2) is 0 Å². The van der Waals surface area contributed by atoms with E-state index in [9.17, 15) is 13.2 Å². The fraction of sp³-hybridized carbons (Fsp3) is 0.409. The third-order valence-electron chi connectivity index (χ3n) is 5.90. The third kappa shape index (κ3) is 4.16. The lowest BCUT2D eigenvalue weighted by Gasteiger charge is -2.41. The molecular formula is C22H26N2O4S. The van der Waals surface area contributed by atoms with Gasteiger partial charge in [-0.05, 0) is 55.5 Å². The van der Waals surface area contributed by atoms with Crippen molar-refractivity contribution >= 4 is 21.6 Å². The Bertz CT molecular complexity index is 948. The Labute approximate surface area is 171 Å². The van der Waals surface area contributed by atoms with Crippen LogP contribution in [0.15, 0.2) is 59.5 Å². The summed E-state index contributed by atoms with van der Waals surface area (Å²) in [6, 6.07) is 15.4. The van der Waals surface area contributed by atoms with Gasteiger partial charge in [0, 0.05) is 18.8 Å². The van der Waals surface area contributed by atoms with E-state index in [2.05, 4.69) is 10.0 Å². The minimum absolute atomic E-state index is 0.0388. The molecule has 1 unspecified atom stereocenters. The second-order valence-electron chi connectivity index (χ2n) is 7.78. The zero-order valence-corrected chi connectivity index (χ0v) is 17.1. The van der Waals surface area contributed by atoms with Crippen LogP contribution in [-0.2, 0) is 25.0 Å². The lowest BCUT2D eigenvalue weighted by atomic mass is 9.63. The van der Waals surface area contributed by atoms with Crippen LogP contribution in [0.1, 0.15) is 37.7 Å². The van der Waals surface area contributed by atoms with Crippen molar-refractivity contribution < 1.29 is 17.9 Å². The van der Waals surface area contributed by atoms with Crippen molar-refractivity contribution in [2.45, 2.75) is 48.5 Å². The van der Waals surface area contributed by atoms with E-state index in [1.807, 2.05) is 12.1 Å². The van der Waals surface area contributed by atoms with E-state index in [4.69, 9.17) is 4.74 Å². The molecule has 7 heteroatoms. The molecular weight excluding hydrogens is 388 g/mol. The van der Waals surface area contributed by atoms with Crippen molar-refractivity contribution in [3.8, 4) is 0 Å². The average molecular weight is 415 g/mol. The molecule has 154 valence electrons. The highest BCUT2D eigenvalue weighted by atomic mass is 32.2. The van der Waals surface area contributed by atoms with Gasteiger partial charge < -0.3 is 10.1 Å². The molecule has 1 heterocycles. The van der Waals surface area contributed by atoms with Gasteiger partial charge >= 0.3 is 0 Å². The Morgan fingerprint density at radius 2 is 1.76 bits per heavy atom. The van der Waals surface area contributed by atoms with E-state index < -0.39 is 15.4 Å². The highest BCUT2D eigenvalue weighted by molar-refractivity contribution is 7.92. The minimum atomic E-state index is -3.63. The maximum Gasteiger partial charge on any atom is 0.261 e. The summed E-state index contributed by atoms with van der Waals surface area (Å²) in [5.41, 5.74) is 0.887. The maximum atomic E-state index is 12.9. The van der Waals surface area contributed by atoms with Crippen LogP contribution in [0.25, 0.3) is 0 Å². The Hall–Kier alpha value is -2.38. The number of benzene rings is 2. The number of nitrogens with one attached hydrogen (secondary N) is 2. The maximum absolute atomic E-state index is 12.9. The molecule has 2 aromatic carbocycles. The summed E-state index contributed by atoms with van der Waals surface area (Å²) in [4.78, 5) is 13.1. The van der Waals surface area contributed by atoms with Crippen molar-refractivity contribution in [1.82, 2.24) is 5.32 Å². The predicted octanol–water partition coefficient (Wildman–Crippen LogP) is 3.20. The van der Waals surface area contributed by atoms with Gasteiger partial charge in [0.1, 0.15) is 0 Å². The number of carbonyl (C=O) groups excluding carboxylic acids is 1. The number of amides is 1. The smallest absolute Gasteiger partial charge is 0.261 e. The first kappa shape index (κ1) is 19.9. The number of carbonyl (C=O) groups is 1. The SMILES string of the molecule is O=C(NCC1CCCO1)C1(c2ccc(NS(=O)(=O)c3ccccc3)cc2)CCC1. The number of ether oxygens (including phenoxy) is 1. The Balaban J connectivity index is 1.45. The van der Waals surface area contributed by atoms with E-state index in [0.717, 1.165) is 44.3 Å². The Kier molecular flexibility index (Phi) is 5.61. The summed E-state index contributed by atoms with van der Waals surface area (Å²) in [7, 11) is -3.63. The van der Waals surface area contributed by atoms with Crippen LogP contribution in [0, 0.1) is 0 Å². The van der Waals surface area contributed by atoms with E-state index in [1.165, 1.54) is 0 Å². The van der Waals surface area contributed by atoms with Crippen molar-refractivity contribution in [2.24, 2.45) is 0 Å². The topological polar surface area (TPSA) is 84.5 Å². The highest BCUT2D eigenvalue weighted by Crippen LogP contribution is 2.44. The summed E-state index contributed by atoms with van der Waals surface area (Å²) in [6.07, 6.45) is 4.77. The normalized spacial score (nSPS) is 20.6. The lowest BCUT2D eigenvalue weighted by Crippen LogP contribution is -2.50. The second-order valence-corrected chi connectivity index (χ2v) is 9.46. The van der Waals surface area contributed by atoms with Crippen molar-refractivity contribution in [1.29, 1.82) is 0 Å². The first-order chi connectivity index (χ1) is 14.0. The molecule has 0 bridgehead atoms. The van der Waals surface area contributed by atoms with Crippen LogP contribution in [0.2, 0.25) is 0 Å². The van der Waals surface area contributed by atoms with E-state index in [-0.39, 0.29) is 16.9 Å². The van der Waals surface area contributed by atoms with Gasteiger partial charge in [-0.25, -0.2) is 8.42 Å². The summed E-state index contributed by atoms with van der Waals surface area (Å²) in [6.45, 7) is 1.32. The van der Waals surface area contributed by atoms with Gasteiger partial charge in [0.25, 0.3) is 10.0 Å². The number of hydrogen-bond acceptors (Lipinski definition) is 4. The lowest BCUT2D eigenvalue weighted by molar-refractivity contribution is -0.130. The molecule has 1 amide bonds. The highest BCUT2D eigenvalue weighted by Gasteiger charge is 2.45. The summed E-state index contributed by atoms with van der Waals surface area (Å²) < 4.78 is 33.2. The quantitative estimate of drug-likeness (QED) is 0.729. The molecule has 0 spiro atoms. The molecule has 6 nitrogen and oxygen atoms in total. The summed E-state index contributed by atoms with van der Waals surface area (Å²) in [5.74, 6) is 0.0388. The van der Waals surface area contributed by atoms with Crippen LogP contribution in [0.3, 0.4) is 0 Å². The molecule has 2 aromatic rings. The van der Waals surface area contributed by atoms with Gasteiger partial charge in [0.2, 0.25) is 5.91 Å². The number of rotatable bonds is 7. The van der Waals surface area contributed by atoms with Crippen LogP contribution >= 0.6 is 0 Å². The molecule has 29 heavy (non-hydrogen) atoms. The Morgan fingerprint density at radius 3 is 2.34 bits per heavy atom. The van der Waals surface area contributed by atoms with Gasteiger partial charge in [-0.15, -0.1) is 0 Å². The molecule has 1 atom stereocenters. The molecule has 1 aliphatic heterocycles. The monoisotopic (exact) mass is 414 g/mol. The van der Waals surface area contributed by atoms with E-state index in [0.29, 0.717) is 12.2 Å². The zero-order chi connectivity index (χ0) is 20.3. The minimum Gasteiger partial charge on any atom is -0.376 e. The number of anilines is 1. The molecule has 4 rings (SSSR count). The average Bonchev–Trinajstić information content (AvgIpc) is 3.21. The van der Waals surface area contributed by atoms with Crippen LogP contribution in [0.4, 0.5) is 5.69 Å². The van der Waals surface area contributed by atoms with Gasteiger partial charge in [-0.3, -0.25) is 9.52 Å². The first-order valence-electron chi connectivity index (χ1n) is 10.1. The van der Waals surface area contributed by atoms with Gasteiger partial charge in [-0.2, -0.15) is 0 Å². The van der Waals surface area contributed by atoms with Gasteiger partial charge in [0.05, 0.1) is 16.4 Å². The number of sulfonamides is 1. The predicted molar refractivity (Wildman–Crippen MR) is 111 cm³/mol. The first-order valence-corrected chi connectivity index (χ1v) is 11.6. The van der Waals surface area contributed by atoms with E-state index in [1.54, 1.807) is 42.5 Å². The molecule has 1 saturated carbocycles. The summed E-state index contributed by atoms with van der Waals surface area (Å²) >= 11 is 0. The van der Waals surface area contributed by atoms with Gasteiger partial charge in [-0.1, -0.05) is 36.8 Å². The molecule has 0 radical (unpaired) electrons.